The van der Waals surface area contributed by atoms with Crippen molar-refractivity contribution in [3.05, 3.63) is 96.1 Å². The van der Waals surface area contributed by atoms with Gasteiger partial charge in [0.25, 0.3) is 0 Å². The van der Waals surface area contributed by atoms with E-state index in [1.54, 1.807) is 0 Å². The van der Waals surface area contributed by atoms with Gasteiger partial charge in [0.15, 0.2) is 0 Å². The summed E-state index contributed by atoms with van der Waals surface area (Å²) in [5.74, 6) is 0.0394. The van der Waals surface area contributed by atoms with Gasteiger partial charge < -0.3 is 4.74 Å². The number of hydrogen-bond acceptors (Lipinski definition) is 2. The van der Waals surface area contributed by atoms with Crippen LogP contribution in [0.2, 0.25) is 0 Å². The van der Waals surface area contributed by atoms with E-state index in [1.165, 1.54) is 18.2 Å². The first kappa shape index (κ1) is 15.6. The van der Waals surface area contributed by atoms with Crippen molar-refractivity contribution in [1.29, 1.82) is 0 Å². The summed E-state index contributed by atoms with van der Waals surface area (Å²) in [4.78, 5) is 12.6. The van der Waals surface area contributed by atoms with Gasteiger partial charge in [0.1, 0.15) is 5.41 Å². The van der Waals surface area contributed by atoms with Crippen LogP contribution in [0.3, 0.4) is 0 Å². The van der Waals surface area contributed by atoms with Crippen LogP contribution in [0, 0.1) is 0 Å². The van der Waals surface area contributed by atoms with Gasteiger partial charge in [-0.2, -0.15) is 0 Å². The highest BCUT2D eigenvalue weighted by molar-refractivity contribution is 5.89. The van der Waals surface area contributed by atoms with Crippen LogP contribution in [0.5, 0.6) is 0 Å². The van der Waals surface area contributed by atoms with Gasteiger partial charge in [0.05, 0.1) is 7.11 Å². The minimum Gasteiger partial charge on any atom is -0.468 e. The van der Waals surface area contributed by atoms with E-state index in [9.17, 15) is 4.79 Å². The lowest BCUT2D eigenvalue weighted by Crippen LogP contribution is -2.24. The first-order valence-corrected chi connectivity index (χ1v) is 8.55. The lowest BCUT2D eigenvalue weighted by atomic mass is 9.89. The van der Waals surface area contributed by atoms with Crippen molar-refractivity contribution in [2.24, 2.45) is 0 Å². The van der Waals surface area contributed by atoms with Crippen molar-refractivity contribution < 1.29 is 9.53 Å². The molecule has 2 nitrogen and oxygen atoms in total. The Bertz CT molecular complexity index is 869. The van der Waals surface area contributed by atoms with Crippen LogP contribution in [0.4, 0.5) is 0 Å². The Morgan fingerprint density at radius 1 is 0.840 bits per heavy atom. The molecule has 3 aromatic carbocycles. The molecule has 0 N–H and O–H groups in total. The van der Waals surface area contributed by atoms with Gasteiger partial charge in [-0.15, -0.1) is 0 Å². The van der Waals surface area contributed by atoms with Crippen LogP contribution in [0.15, 0.2) is 84.9 Å². The molecule has 1 aliphatic carbocycles. The molecule has 0 bridgehead atoms. The number of carbonyl (C=O) groups is 1. The van der Waals surface area contributed by atoms with E-state index >= 15 is 0 Å². The van der Waals surface area contributed by atoms with Crippen molar-refractivity contribution in [2.75, 3.05) is 7.11 Å². The zero-order valence-electron chi connectivity index (χ0n) is 14.2. The van der Waals surface area contributed by atoms with Crippen molar-refractivity contribution in [3.63, 3.8) is 0 Å². The van der Waals surface area contributed by atoms with Gasteiger partial charge in [0.2, 0.25) is 0 Å². The summed E-state index contributed by atoms with van der Waals surface area (Å²) in [5.41, 5.74) is 4.01. The normalized spacial score (nSPS) is 21.6. The first-order chi connectivity index (χ1) is 12.3. The average molecular weight is 328 g/mol. The molecule has 2 atom stereocenters. The predicted molar refractivity (Wildman–Crippen MR) is 99.4 cm³/mol. The summed E-state index contributed by atoms with van der Waals surface area (Å²) in [5, 5.41) is 0. The SMILES string of the molecule is COC(=O)[C@]1(c2ccc(-c3ccccc3)cc2)C[C@H]1c1ccccc1. The second-order valence-corrected chi connectivity index (χ2v) is 6.57. The Hall–Kier alpha value is -2.87. The van der Waals surface area contributed by atoms with Gasteiger partial charge >= 0.3 is 5.97 Å². The Labute approximate surface area is 148 Å². The van der Waals surface area contributed by atoms with Crippen LogP contribution < -0.4 is 0 Å². The molecule has 0 saturated heterocycles. The summed E-state index contributed by atoms with van der Waals surface area (Å²) in [6.45, 7) is 0. The van der Waals surface area contributed by atoms with E-state index < -0.39 is 5.41 Å². The molecule has 0 unspecified atom stereocenters. The molecule has 0 radical (unpaired) electrons. The molecule has 1 fully saturated rings. The Morgan fingerprint density at radius 2 is 1.40 bits per heavy atom. The zero-order chi connectivity index (χ0) is 17.3. The summed E-state index contributed by atoms with van der Waals surface area (Å²) in [6, 6.07) is 28.8. The minimum atomic E-state index is -0.550. The van der Waals surface area contributed by atoms with Crippen LogP contribution in [-0.4, -0.2) is 13.1 Å². The van der Waals surface area contributed by atoms with E-state index in [1.807, 2.05) is 36.4 Å². The fraction of sp³-hybridized carbons (Fsp3) is 0.174. The lowest BCUT2D eigenvalue weighted by molar-refractivity contribution is -0.143. The highest BCUT2D eigenvalue weighted by Gasteiger charge is 2.62. The highest BCUT2D eigenvalue weighted by Crippen LogP contribution is 2.61. The smallest absolute Gasteiger partial charge is 0.316 e. The van der Waals surface area contributed by atoms with Crippen molar-refractivity contribution in [2.45, 2.75) is 17.8 Å². The second-order valence-electron chi connectivity index (χ2n) is 6.57. The number of ether oxygens (including phenoxy) is 1. The molecule has 4 rings (SSSR count). The minimum absolute atomic E-state index is 0.145. The van der Waals surface area contributed by atoms with Crippen molar-refractivity contribution in [1.82, 2.24) is 0 Å². The topological polar surface area (TPSA) is 26.3 Å². The van der Waals surface area contributed by atoms with E-state index in [-0.39, 0.29) is 11.9 Å². The number of benzene rings is 3. The predicted octanol–water partition coefficient (Wildman–Crippen LogP) is 4.95. The van der Waals surface area contributed by atoms with Crippen molar-refractivity contribution >= 4 is 5.97 Å². The van der Waals surface area contributed by atoms with E-state index in [2.05, 4.69) is 48.5 Å². The van der Waals surface area contributed by atoms with E-state index in [0.29, 0.717) is 0 Å². The van der Waals surface area contributed by atoms with Gasteiger partial charge in [0, 0.05) is 5.92 Å². The Morgan fingerprint density at radius 3 is 2.00 bits per heavy atom. The summed E-state index contributed by atoms with van der Waals surface area (Å²) in [7, 11) is 1.47. The number of rotatable bonds is 4. The number of carbonyl (C=O) groups excluding carboxylic acids is 1. The first-order valence-electron chi connectivity index (χ1n) is 8.55. The van der Waals surface area contributed by atoms with Gasteiger partial charge in [-0.1, -0.05) is 84.9 Å². The molecule has 0 aliphatic heterocycles. The molecular formula is C23H20O2. The largest absolute Gasteiger partial charge is 0.468 e. The van der Waals surface area contributed by atoms with Crippen LogP contribution in [0.25, 0.3) is 11.1 Å². The molecule has 0 amide bonds. The third-order valence-corrected chi connectivity index (χ3v) is 5.22. The molecule has 1 aliphatic rings. The fourth-order valence-corrected chi connectivity index (χ4v) is 3.79. The number of esters is 1. The monoisotopic (exact) mass is 328 g/mol. The summed E-state index contributed by atoms with van der Waals surface area (Å²) in [6.07, 6.45) is 0.800. The molecule has 0 spiro atoms. The van der Waals surface area contributed by atoms with Crippen LogP contribution >= 0.6 is 0 Å². The molecule has 124 valence electrons. The molecular weight excluding hydrogens is 308 g/mol. The molecule has 1 saturated carbocycles. The molecule has 0 aromatic heterocycles. The number of hydrogen-bond donors (Lipinski definition) is 0. The highest BCUT2D eigenvalue weighted by atomic mass is 16.5. The standard InChI is InChI=1S/C23H20O2/c1-25-22(24)23(16-21(23)19-10-6-3-7-11-19)20-14-12-18(13-15-20)17-8-4-2-5-9-17/h2-15,21H,16H2,1H3/t21-,23-/m0/s1. The van der Waals surface area contributed by atoms with Crippen LogP contribution in [-0.2, 0) is 14.9 Å². The number of methoxy groups -OCH3 is 1. The second kappa shape index (κ2) is 6.21. The molecule has 25 heavy (non-hydrogen) atoms. The average Bonchev–Trinajstić information content (AvgIpc) is 3.46. The quantitative estimate of drug-likeness (QED) is 0.633. The fourth-order valence-electron chi connectivity index (χ4n) is 3.79. The van der Waals surface area contributed by atoms with Gasteiger partial charge in [-0.3, -0.25) is 4.79 Å². The van der Waals surface area contributed by atoms with Crippen molar-refractivity contribution in [3.8, 4) is 11.1 Å². The van der Waals surface area contributed by atoms with E-state index in [4.69, 9.17) is 4.74 Å². The van der Waals surface area contributed by atoms with Gasteiger partial charge in [-0.05, 0) is 28.7 Å². The zero-order valence-corrected chi connectivity index (χ0v) is 14.2. The molecule has 2 heteroatoms. The third kappa shape index (κ3) is 2.64. The maximum atomic E-state index is 12.6. The lowest BCUT2D eigenvalue weighted by Gasteiger charge is -2.16. The Kier molecular flexibility index (Phi) is 3.89. The van der Waals surface area contributed by atoms with Crippen LogP contribution in [0.1, 0.15) is 23.5 Å². The molecule has 3 aromatic rings. The van der Waals surface area contributed by atoms with Gasteiger partial charge in [-0.25, -0.2) is 0 Å². The Balaban J connectivity index is 1.69. The summed E-state index contributed by atoms with van der Waals surface area (Å²) < 4.78 is 5.16. The molecule has 0 heterocycles. The summed E-state index contributed by atoms with van der Waals surface area (Å²) >= 11 is 0. The maximum Gasteiger partial charge on any atom is 0.316 e. The van der Waals surface area contributed by atoms with E-state index in [0.717, 1.165) is 17.5 Å². The maximum absolute atomic E-state index is 12.6. The third-order valence-electron chi connectivity index (χ3n) is 5.22.